The Morgan fingerprint density at radius 2 is 2.00 bits per heavy atom. The summed E-state index contributed by atoms with van der Waals surface area (Å²) in [6.07, 6.45) is 0. The van der Waals surface area contributed by atoms with Gasteiger partial charge >= 0.3 is 0 Å². The molecule has 3 N–H and O–H groups in total. The van der Waals surface area contributed by atoms with Gasteiger partial charge in [0, 0.05) is 12.1 Å². The Balaban J connectivity index is 2.82. The minimum Gasteiger partial charge on any atom is -0.375 e. The minimum atomic E-state index is -0.880. The second-order valence-electron chi connectivity index (χ2n) is 3.39. The van der Waals surface area contributed by atoms with E-state index in [1.54, 1.807) is 24.3 Å². The molecule has 0 aliphatic heterocycles. The van der Waals surface area contributed by atoms with E-state index < -0.39 is 17.9 Å². The molecule has 0 radical (unpaired) electrons. The summed E-state index contributed by atoms with van der Waals surface area (Å²) in [6.45, 7) is -0.128. The predicted octanol–water partition coefficient (Wildman–Crippen LogP) is 0.629. The van der Waals surface area contributed by atoms with E-state index in [4.69, 9.17) is 17.3 Å². The number of rotatable bonds is 5. The number of hydrogen-bond donors (Lipinski definition) is 2. The van der Waals surface area contributed by atoms with E-state index in [2.05, 4.69) is 10.1 Å². The standard InChI is InChI=1S/C11H13ClN2O3/c1-17-6-9(15)14-10(11(13)16)7-2-4-8(12)5-3-7/h2-5,10H,6H2,1H3,(H2,13,16)(H,14,15). The van der Waals surface area contributed by atoms with Gasteiger partial charge in [-0.15, -0.1) is 0 Å². The van der Waals surface area contributed by atoms with Crippen molar-refractivity contribution in [3.63, 3.8) is 0 Å². The number of nitrogens with one attached hydrogen (secondary N) is 1. The van der Waals surface area contributed by atoms with E-state index in [-0.39, 0.29) is 6.61 Å². The fraction of sp³-hybridized carbons (Fsp3) is 0.273. The zero-order chi connectivity index (χ0) is 12.8. The van der Waals surface area contributed by atoms with Gasteiger partial charge in [0.05, 0.1) is 0 Å². The summed E-state index contributed by atoms with van der Waals surface area (Å²) in [7, 11) is 1.39. The second kappa shape index (κ2) is 6.22. The van der Waals surface area contributed by atoms with Crippen LogP contribution in [0.4, 0.5) is 0 Å². The van der Waals surface area contributed by atoms with Crippen LogP contribution in [0.1, 0.15) is 11.6 Å². The number of carbonyl (C=O) groups excluding carboxylic acids is 2. The van der Waals surface area contributed by atoms with E-state index in [1.807, 2.05) is 0 Å². The number of benzene rings is 1. The summed E-state index contributed by atoms with van der Waals surface area (Å²) < 4.78 is 4.65. The molecule has 0 heterocycles. The number of methoxy groups -OCH3 is 1. The Labute approximate surface area is 104 Å². The monoisotopic (exact) mass is 256 g/mol. The van der Waals surface area contributed by atoms with Crippen molar-refractivity contribution in [2.45, 2.75) is 6.04 Å². The molecule has 5 nitrogen and oxygen atoms in total. The van der Waals surface area contributed by atoms with Gasteiger partial charge in [0.2, 0.25) is 11.8 Å². The van der Waals surface area contributed by atoms with Crippen molar-refractivity contribution >= 4 is 23.4 Å². The van der Waals surface area contributed by atoms with Crippen LogP contribution in [0.5, 0.6) is 0 Å². The lowest BCUT2D eigenvalue weighted by atomic mass is 10.1. The van der Waals surface area contributed by atoms with Crippen molar-refractivity contribution < 1.29 is 14.3 Å². The number of hydrogen-bond acceptors (Lipinski definition) is 3. The first-order valence-corrected chi connectivity index (χ1v) is 5.25. The maximum Gasteiger partial charge on any atom is 0.246 e. The van der Waals surface area contributed by atoms with E-state index in [0.29, 0.717) is 10.6 Å². The summed E-state index contributed by atoms with van der Waals surface area (Å²) in [5, 5.41) is 3.01. The summed E-state index contributed by atoms with van der Waals surface area (Å²) >= 11 is 5.73. The van der Waals surface area contributed by atoms with E-state index in [9.17, 15) is 9.59 Å². The van der Waals surface area contributed by atoms with Gasteiger partial charge in [-0.2, -0.15) is 0 Å². The highest BCUT2D eigenvalue weighted by Crippen LogP contribution is 2.16. The molecule has 0 aliphatic carbocycles. The quantitative estimate of drug-likeness (QED) is 0.811. The normalized spacial score (nSPS) is 11.9. The SMILES string of the molecule is COCC(=O)NC(C(N)=O)c1ccc(Cl)cc1. The molecular weight excluding hydrogens is 244 g/mol. The van der Waals surface area contributed by atoms with Crippen LogP contribution >= 0.6 is 11.6 Å². The Morgan fingerprint density at radius 1 is 1.41 bits per heavy atom. The van der Waals surface area contributed by atoms with Crippen LogP contribution in [-0.2, 0) is 14.3 Å². The molecule has 0 bridgehead atoms. The molecule has 0 fully saturated rings. The molecule has 1 atom stereocenters. The minimum absolute atomic E-state index is 0.128. The first-order valence-electron chi connectivity index (χ1n) is 4.87. The molecule has 6 heteroatoms. The van der Waals surface area contributed by atoms with Gasteiger partial charge in [0.15, 0.2) is 0 Å². The molecule has 0 aliphatic rings. The molecule has 0 spiro atoms. The Kier molecular flexibility index (Phi) is 4.93. The van der Waals surface area contributed by atoms with Crippen molar-refractivity contribution in [3.8, 4) is 0 Å². The fourth-order valence-corrected chi connectivity index (χ4v) is 1.43. The molecule has 0 aromatic heterocycles. The van der Waals surface area contributed by atoms with Crippen molar-refractivity contribution in [1.29, 1.82) is 0 Å². The summed E-state index contributed by atoms with van der Waals surface area (Å²) in [5.74, 6) is -1.05. The largest absolute Gasteiger partial charge is 0.375 e. The smallest absolute Gasteiger partial charge is 0.246 e. The molecule has 1 aromatic rings. The number of nitrogens with two attached hydrogens (primary N) is 1. The first-order chi connectivity index (χ1) is 8.04. The van der Waals surface area contributed by atoms with E-state index in [1.165, 1.54) is 7.11 Å². The lowest BCUT2D eigenvalue weighted by Gasteiger charge is -2.15. The average molecular weight is 257 g/mol. The van der Waals surface area contributed by atoms with Crippen LogP contribution in [0.25, 0.3) is 0 Å². The number of carbonyl (C=O) groups is 2. The molecule has 0 saturated heterocycles. The summed E-state index contributed by atoms with van der Waals surface area (Å²) in [6, 6.07) is 5.62. The van der Waals surface area contributed by atoms with Gasteiger partial charge in [0.1, 0.15) is 12.6 Å². The van der Waals surface area contributed by atoms with E-state index >= 15 is 0 Å². The zero-order valence-electron chi connectivity index (χ0n) is 9.27. The van der Waals surface area contributed by atoms with Gasteiger partial charge in [-0.25, -0.2) is 0 Å². The Hall–Kier alpha value is -1.59. The van der Waals surface area contributed by atoms with Crippen LogP contribution in [-0.4, -0.2) is 25.5 Å². The van der Waals surface area contributed by atoms with Gasteiger partial charge in [0.25, 0.3) is 0 Å². The Morgan fingerprint density at radius 3 is 2.47 bits per heavy atom. The maximum absolute atomic E-state index is 11.3. The van der Waals surface area contributed by atoms with Gasteiger partial charge in [-0.1, -0.05) is 23.7 Å². The van der Waals surface area contributed by atoms with E-state index in [0.717, 1.165) is 0 Å². The van der Waals surface area contributed by atoms with Gasteiger partial charge in [-0.3, -0.25) is 9.59 Å². The predicted molar refractivity (Wildman–Crippen MR) is 63.4 cm³/mol. The van der Waals surface area contributed by atoms with Crippen molar-refractivity contribution in [2.24, 2.45) is 5.73 Å². The van der Waals surface area contributed by atoms with Crippen LogP contribution in [0, 0.1) is 0 Å². The highest BCUT2D eigenvalue weighted by atomic mass is 35.5. The van der Waals surface area contributed by atoms with Crippen LogP contribution in [0.2, 0.25) is 5.02 Å². The molecule has 0 saturated carbocycles. The third kappa shape index (κ3) is 4.05. The number of ether oxygens (including phenoxy) is 1. The summed E-state index contributed by atoms with van der Waals surface area (Å²) in [5.41, 5.74) is 5.80. The van der Waals surface area contributed by atoms with Crippen molar-refractivity contribution in [3.05, 3.63) is 34.9 Å². The molecule has 17 heavy (non-hydrogen) atoms. The molecule has 1 aromatic carbocycles. The van der Waals surface area contributed by atoms with Crippen LogP contribution in [0.15, 0.2) is 24.3 Å². The molecule has 1 unspecified atom stereocenters. The molecular formula is C11H13ClN2O3. The van der Waals surface area contributed by atoms with Crippen molar-refractivity contribution in [2.75, 3.05) is 13.7 Å². The first kappa shape index (κ1) is 13.5. The molecule has 1 rings (SSSR count). The highest BCUT2D eigenvalue weighted by Gasteiger charge is 2.19. The number of primary amides is 1. The van der Waals surface area contributed by atoms with Crippen LogP contribution in [0.3, 0.4) is 0 Å². The lowest BCUT2D eigenvalue weighted by Crippen LogP contribution is -2.39. The zero-order valence-corrected chi connectivity index (χ0v) is 10.0. The van der Waals surface area contributed by atoms with Crippen molar-refractivity contribution in [1.82, 2.24) is 5.32 Å². The topological polar surface area (TPSA) is 81.4 Å². The number of amides is 2. The Bertz CT molecular complexity index is 406. The van der Waals surface area contributed by atoms with Gasteiger partial charge in [-0.05, 0) is 17.7 Å². The third-order valence-corrected chi connectivity index (χ3v) is 2.32. The van der Waals surface area contributed by atoms with Crippen LogP contribution < -0.4 is 11.1 Å². The van der Waals surface area contributed by atoms with Gasteiger partial charge < -0.3 is 15.8 Å². The number of halogens is 1. The lowest BCUT2D eigenvalue weighted by molar-refractivity contribution is -0.129. The molecule has 2 amide bonds. The fourth-order valence-electron chi connectivity index (χ4n) is 1.31. The molecule has 92 valence electrons. The highest BCUT2D eigenvalue weighted by molar-refractivity contribution is 6.30. The second-order valence-corrected chi connectivity index (χ2v) is 3.82. The average Bonchev–Trinajstić information content (AvgIpc) is 2.27. The summed E-state index contributed by atoms with van der Waals surface area (Å²) in [4.78, 5) is 22.6. The maximum atomic E-state index is 11.3. The third-order valence-electron chi connectivity index (χ3n) is 2.07.